The van der Waals surface area contributed by atoms with Gasteiger partial charge in [0.1, 0.15) is 0 Å². The minimum atomic E-state index is -0.783. The average Bonchev–Trinajstić information content (AvgIpc) is 2.89. The Balaban J connectivity index is 1.84. The molecule has 0 spiro atoms. The Labute approximate surface area is 156 Å². The zero-order valence-electron chi connectivity index (χ0n) is 15.5. The fourth-order valence-corrected chi connectivity index (χ4v) is 4.32. The molecule has 2 aliphatic carbocycles. The fraction of sp³-hybridized carbons (Fsp3) is 0.762. The van der Waals surface area contributed by atoms with Gasteiger partial charge in [-0.25, -0.2) is 0 Å². The monoisotopic (exact) mass is 366 g/mol. The van der Waals surface area contributed by atoms with Gasteiger partial charge in [0.25, 0.3) is 0 Å². The molecule has 2 saturated carbocycles. The van der Waals surface area contributed by atoms with E-state index in [9.17, 15) is 20.1 Å². The van der Waals surface area contributed by atoms with Gasteiger partial charge < -0.3 is 20.4 Å². The molecule has 4 N–H and O–H groups in total. The van der Waals surface area contributed by atoms with Crippen molar-refractivity contribution in [2.24, 2.45) is 17.8 Å². The molecular weight excluding hydrogens is 332 g/mol. The van der Waals surface area contributed by atoms with Gasteiger partial charge in [0.2, 0.25) is 0 Å². The Bertz CT molecular complexity index is 481. The summed E-state index contributed by atoms with van der Waals surface area (Å²) in [5.41, 5.74) is 0. The summed E-state index contributed by atoms with van der Waals surface area (Å²) < 4.78 is 0. The Hall–Kier alpha value is -1.17. The number of aliphatic hydroxyl groups is 3. The van der Waals surface area contributed by atoms with Gasteiger partial charge in [0, 0.05) is 18.8 Å². The summed E-state index contributed by atoms with van der Waals surface area (Å²) in [6.45, 7) is 0. The third-order valence-electron chi connectivity index (χ3n) is 5.92. The molecule has 0 heterocycles. The molecule has 0 bridgehead atoms. The van der Waals surface area contributed by atoms with Crippen molar-refractivity contribution in [2.75, 3.05) is 0 Å². The highest BCUT2D eigenvalue weighted by atomic mass is 16.4. The van der Waals surface area contributed by atoms with E-state index in [2.05, 4.69) is 0 Å². The topological polar surface area (TPSA) is 98.0 Å². The molecule has 0 unspecified atom stereocenters. The largest absolute Gasteiger partial charge is 0.481 e. The van der Waals surface area contributed by atoms with Gasteiger partial charge in [-0.15, -0.1) is 0 Å². The SMILES string of the molecule is O=C(O)CCC/C=C\C[C@@H]1[C@@H](/C=C\[C@@H](O)C2CCCCC2)[C@H](O)C[C@@H]1O. The number of aliphatic hydroxyl groups excluding tert-OH is 3. The second-order valence-electron chi connectivity index (χ2n) is 7.88. The van der Waals surface area contributed by atoms with E-state index < -0.39 is 24.3 Å². The van der Waals surface area contributed by atoms with Crippen molar-refractivity contribution < 1.29 is 25.2 Å². The van der Waals surface area contributed by atoms with Crippen molar-refractivity contribution in [3.63, 3.8) is 0 Å². The van der Waals surface area contributed by atoms with Crippen LogP contribution in [0, 0.1) is 17.8 Å². The van der Waals surface area contributed by atoms with Crippen LogP contribution < -0.4 is 0 Å². The molecule has 0 saturated heterocycles. The summed E-state index contributed by atoms with van der Waals surface area (Å²) in [6, 6.07) is 0. The van der Waals surface area contributed by atoms with Crippen LogP contribution in [0.4, 0.5) is 0 Å². The first-order valence-corrected chi connectivity index (χ1v) is 10.1. The van der Waals surface area contributed by atoms with E-state index in [1.807, 2.05) is 24.3 Å². The van der Waals surface area contributed by atoms with Crippen molar-refractivity contribution in [3.05, 3.63) is 24.3 Å². The number of hydrogen-bond donors (Lipinski definition) is 4. The zero-order chi connectivity index (χ0) is 18.9. The van der Waals surface area contributed by atoms with E-state index in [-0.39, 0.29) is 18.3 Å². The molecule has 0 aromatic heterocycles. The number of carboxylic acid groups (broad SMARTS) is 1. The van der Waals surface area contributed by atoms with Crippen LogP contribution in [0.5, 0.6) is 0 Å². The summed E-state index contributed by atoms with van der Waals surface area (Å²) in [7, 11) is 0. The maximum absolute atomic E-state index is 10.5. The maximum Gasteiger partial charge on any atom is 0.303 e. The average molecular weight is 366 g/mol. The smallest absolute Gasteiger partial charge is 0.303 e. The molecule has 0 radical (unpaired) electrons. The van der Waals surface area contributed by atoms with Crippen LogP contribution >= 0.6 is 0 Å². The maximum atomic E-state index is 10.5. The molecule has 5 heteroatoms. The lowest BCUT2D eigenvalue weighted by Crippen LogP contribution is -2.23. The van der Waals surface area contributed by atoms with Gasteiger partial charge in [0.15, 0.2) is 0 Å². The molecule has 0 aliphatic heterocycles. The Morgan fingerprint density at radius 3 is 2.50 bits per heavy atom. The number of unbranched alkanes of at least 4 members (excludes halogenated alkanes) is 1. The number of rotatable bonds is 9. The normalized spacial score (nSPS) is 31.8. The Kier molecular flexibility index (Phi) is 8.82. The summed E-state index contributed by atoms with van der Waals surface area (Å²) in [4.78, 5) is 10.5. The second kappa shape index (κ2) is 10.9. The van der Waals surface area contributed by atoms with Crippen molar-refractivity contribution in [1.82, 2.24) is 0 Å². The zero-order valence-corrected chi connectivity index (χ0v) is 15.5. The molecule has 5 atom stereocenters. The van der Waals surface area contributed by atoms with Crippen LogP contribution in [-0.4, -0.2) is 44.7 Å². The molecule has 148 valence electrons. The third kappa shape index (κ3) is 6.53. The highest BCUT2D eigenvalue weighted by molar-refractivity contribution is 5.66. The summed E-state index contributed by atoms with van der Waals surface area (Å²) in [6.07, 6.45) is 14.3. The van der Waals surface area contributed by atoms with Crippen molar-refractivity contribution in [3.8, 4) is 0 Å². The van der Waals surface area contributed by atoms with Gasteiger partial charge in [-0.1, -0.05) is 43.6 Å². The molecular formula is C21H34O5. The van der Waals surface area contributed by atoms with Crippen LogP contribution in [0.2, 0.25) is 0 Å². The van der Waals surface area contributed by atoms with Crippen LogP contribution in [0.3, 0.4) is 0 Å². The molecule has 0 amide bonds. The first-order chi connectivity index (χ1) is 12.5. The molecule has 0 aromatic carbocycles. The van der Waals surface area contributed by atoms with Crippen molar-refractivity contribution >= 4 is 5.97 Å². The quantitative estimate of drug-likeness (QED) is 0.371. The number of aliphatic carboxylic acids is 1. The summed E-state index contributed by atoms with van der Waals surface area (Å²) in [5.74, 6) is -0.673. The number of carbonyl (C=O) groups is 1. The minimum absolute atomic E-state index is 0.0597. The van der Waals surface area contributed by atoms with Gasteiger partial charge in [0.05, 0.1) is 18.3 Å². The predicted molar refractivity (Wildman–Crippen MR) is 101 cm³/mol. The van der Waals surface area contributed by atoms with Crippen molar-refractivity contribution in [2.45, 2.75) is 82.5 Å². The molecule has 2 fully saturated rings. The van der Waals surface area contributed by atoms with E-state index in [0.29, 0.717) is 31.6 Å². The highest BCUT2D eigenvalue weighted by Crippen LogP contribution is 2.37. The second-order valence-corrected chi connectivity index (χ2v) is 7.88. The van der Waals surface area contributed by atoms with E-state index in [0.717, 1.165) is 12.8 Å². The van der Waals surface area contributed by atoms with Gasteiger partial charge >= 0.3 is 5.97 Å². The lowest BCUT2D eigenvalue weighted by atomic mass is 9.84. The van der Waals surface area contributed by atoms with E-state index >= 15 is 0 Å². The molecule has 5 nitrogen and oxygen atoms in total. The van der Waals surface area contributed by atoms with Crippen LogP contribution in [0.15, 0.2) is 24.3 Å². The first-order valence-electron chi connectivity index (χ1n) is 10.1. The van der Waals surface area contributed by atoms with Crippen LogP contribution in [-0.2, 0) is 4.79 Å². The van der Waals surface area contributed by atoms with Crippen molar-refractivity contribution in [1.29, 1.82) is 0 Å². The van der Waals surface area contributed by atoms with E-state index in [1.165, 1.54) is 19.3 Å². The lowest BCUT2D eigenvalue weighted by Gasteiger charge is -2.25. The highest BCUT2D eigenvalue weighted by Gasteiger charge is 2.39. The van der Waals surface area contributed by atoms with Gasteiger partial charge in [-0.3, -0.25) is 4.79 Å². The van der Waals surface area contributed by atoms with Crippen LogP contribution in [0.1, 0.15) is 64.2 Å². The van der Waals surface area contributed by atoms with E-state index in [4.69, 9.17) is 5.11 Å². The fourth-order valence-electron chi connectivity index (χ4n) is 4.32. The number of hydrogen-bond acceptors (Lipinski definition) is 4. The summed E-state index contributed by atoms with van der Waals surface area (Å²) >= 11 is 0. The number of carboxylic acids is 1. The van der Waals surface area contributed by atoms with Gasteiger partial charge in [-0.2, -0.15) is 0 Å². The summed E-state index contributed by atoms with van der Waals surface area (Å²) in [5, 5.41) is 39.5. The Morgan fingerprint density at radius 2 is 1.81 bits per heavy atom. The minimum Gasteiger partial charge on any atom is -0.481 e. The number of allylic oxidation sites excluding steroid dienone is 2. The van der Waals surface area contributed by atoms with E-state index in [1.54, 1.807) is 0 Å². The molecule has 2 aliphatic rings. The third-order valence-corrected chi connectivity index (χ3v) is 5.92. The van der Waals surface area contributed by atoms with Gasteiger partial charge in [-0.05, 0) is 43.9 Å². The predicted octanol–water partition coefficient (Wildman–Crippen LogP) is 3.04. The van der Waals surface area contributed by atoms with Crippen LogP contribution in [0.25, 0.3) is 0 Å². The molecule has 0 aromatic rings. The molecule has 26 heavy (non-hydrogen) atoms. The lowest BCUT2D eigenvalue weighted by molar-refractivity contribution is -0.137. The standard InChI is InChI=1S/C21H34O5/c22-18(15-8-4-3-5-9-15)13-12-17-16(19(23)14-20(17)24)10-6-1-2-7-11-21(25)26/h1,6,12-13,15-20,22-24H,2-5,7-11,14H2,(H,25,26)/b6-1-,13-12-/t16-,17-,18-,19+,20-/m1/s1. The Morgan fingerprint density at radius 1 is 1.08 bits per heavy atom. The molecule has 2 rings (SSSR count). The first kappa shape index (κ1) is 21.1.